The van der Waals surface area contributed by atoms with E-state index in [1.54, 1.807) is 32.2 Å². The van der Waals surface area contributed by atoms with Gasteiger partial charge in [0.2, 0.25) is 11.8 Å². The Morgan fingerprint density at radius 2 is 1.76 bits per heavy atom. The lowest BCUT2D eigenvalue weighted by Gasteiger charge is -2.33. The molecule has 4 unspecified atom stereocenters. The summed E-state index contributed by atoms with van der Waals surface area (Å²) >= 11 is 4.12. The van der Waals surface area contributed by atoms with Gasteiger partial charge in [-0.1, -0.05) is 43.8 Å². The standard InChI is InChI=1S/C46H57F5N10O3S.H3NO2/c1-9-27(4)40(55-28(5)10-2)53-24-30(11-3)31-12-13-32(34(47)19-31)33-21-46(33)16-17-59(42(46)64)37(18-29(22-52)23-54-43(48)49)41(63)56-44(6,7)25-60-36(20-38(58-60)45(8,50)51)35-14-15-39(62)61(26-65)57-35;2-1-3/h10-15,19-20,22-24,27,33,37,43,65H,9,16-18,21,25-26,52H2,1-8H3,(H,56,63);1-3H/b28-10-,29-22-,30-11+,53-24?,54-23+,55-40?;. The molecule has 1 saturated heterocycles. The molecule has 2 amide bonds. The quantitative estimate of drug-likeness (QED) is 0.0184. The van der Waals surface area contributed by atoms with Gasteiger partial charge in [0.1, 0.15) is 29.1 Å². The van der Waals surface area contributed by atoms with E-state index in [4.69, 9.17) is 16.1 Å². The van der Waals surface area contributed by atoms with Crippen molar-refractivity contribution in [1.29, 1.82) is 0 Å². The monoisotopic (exact) mass is 973 g/mol. The highest BCUT2D eigenvalue weighted by molar-refractivity contribution is 7.79. The van der Waals surface area contributed by atoms with Gasteiger partial charge in [-0.2, -0.15) is 40.4 Å². The zero-order valence-corrected chi connectivity index (χ0v) is 40.1. The van der Waals surface area contributed by atoms with E-state index in [9.17, 15) is 31.9 Å². The number of aromatic nitrogens is 4. The van der Waals surface area contributed by atoms with Crippen LogP contribution in [0.5, 0.6) is 0 Å². The molecule has 16 nitrogen and oxygen atoms in total. The van der Waals surface area contributed by atoms with Crippen molar-refractivity contribution in [3.05, 3.63) is 99.0 Å². The fraction of sp³-hybridized carbons (Fsp3) is 0.478. The van der Waals surface area contributed by atoms with Crippen LogP contribution in [0.15, 0.2) is 85.8 Å². The van der Waals surface area contributed by atoms with Crippen molar-refractivity contribution in [3.8, 4) is 11.4 Å². The van der Waals surface area contributed by atoms with Gasteiger partial charge in [0.25, 0.3) is 11.5 Å². The molecule has 3 heterocycles. The zero-order chi connectivity index (χ0) is 50.7. The Bertz CT molecular complexity index is 2530. The molecule has 2 aliphatic rings. The molecule has 4 atom stereocenters. The van der Waals surface area contributed by atoms with E-state index in [1.807, 2.05) is 46.8 Å². The van der Waals surface area contributed by atoms with Gasteiger partial charge in [-0.3, -0.25) is 29.5 Å². The predicted octanol–water partition coefficient (Wildman–Crippen LogP) is 7.64. The van der Waals surface area contributed by atoms with Gasteiger partial charge in [0.15, 0.2) is 0 Å². The van der Waals surface area contributed by atoms with Crippen molar-refractivity contribution in [1.82, 2.24) is 35.4 Å². The van der Waals surface area contributed by atoms with Gasteiger partial charge >= 0.3 is 6.55 Å². The molecule has 22 heteroatoms. The van der Waals surface area contributed by atoms with E-state index in [2.05, 4.69) is 43.1 Å². The van der Waals surface area contributed by atoms with Crippen LogP contribution in [0.3, 0.4) is 0 Å². The first-order chi connectivity index (χ1) is 32.0. The van der Waals surface area contributed by atoms with Crippen molar-refractivity contribution >= 4 is 48.3 Å². The third-order valence-electron chi connectivity index (χ3n) is 11.9. The predicted molar refractivity (Wildman–Crippen MR) is 253 cm³/mol. The van der Waals surface area contributed by atoms with Crippen molar-refractivity contribution in [3.63, 3.8) is 0 Å². The maximum atomic E-state index is 16.1. The van der Waals surface area contributed by atoms with Gasteiger partial charge in [0.05, 0.1) is 29.1 Å². The normalized spacial score (nSPS) is 19.3. The second kappa shape index (κ2) is 23.4. The fourth-order valence-corrected chi connectivity index (χ4v) is 8.03. The van der Waals surface area contributed by atoms with Crippen LogP contribution in [0.25, 0.3) is 17.0 Å². The summed E-state index contributed by atoms with van der Waals surface area (Å²) < 4.78 is 74.0. The van der Waals surface area contributed by atoms with E-state index in [1.165, 1.54) is 27.8 Å². The number of hydrogen-bond donors (Lipinski definition) is 6. The van der Waals surface area contributed by atoms with Crippen molar-refractivity contribution < 1.29 is 42.0 Å². The summed E-state index contributed by atoms with van der Waals surface area (Å²) in [5.74, 6) is -4.79. The largest absolute Gasteiger partial charge is 0.404 e. The summed E-state index contributed by atoms with van der Waals surface area (Å²) in [6.07, 6.45) is 8.39. The van der Waals surface area contributed by atoms with E-state index in [-0.39, 0.29) is 48.3 Å². The number of rotatable bonds is 18. The molecular weight excluding hydrogens is 914 g/mol. The first kappa shape index (κ1) is 54.8. The number of carbonyl (C=O) groups is 2. The SMILES string of the molecule is C/C=C(/C)N=C(N=C/C(=C\C)c1ccc(C2CC23CCN(C(CC(=C/N)/C=N/C(F)F)C(=O)NC(C)(C)Cn2nc(C(C)(F)F)cc2-c2ccc(=O)n(CS)n2)C3=O)c(F)c1)C(C)CC.ONO. The highest BCUT2D eigenvalue weighted by Crippen LogP contribution is 2.65. The number of nitrogens with two attached hydrogens (primary N) is 1. The van der Waals surface area contributed by atoms with E-state index >= 15 is 4.39 Å². The Morgan fingerprint density at radius 3 is 2.34 bits per heavy atom. The molecule has 6 N–H and O–H groups in total. The van der Waals surface area contributed by atoms with Gasteiger partial charge in [-0.15, -0.1) is 0 Å². The Hall–Kier alpha value is -5.84. The second-order valence-electron chi connectivity index (χ2n) is 17.3. The lowest BCUT2D eigenvalue weighted by atomic mass is 9.95. The number of alkyl halides is 4. The fourth-order valence-electron chi connectivity index (χ4n) is 7.83. The molecule has 1 spiro atoms. The average Bonchev–Trinajstić information content (AvgIpc) is 3.71. The van der Waals surface area contributed by atoms with Crippen molar-refractivity contribution in [2.75, 3.05) is 6.54 Å². The molecule has 1 aromatic carbocycles. The number of amides is 2. The molecule has 370 valence electrons. The molecule has 5 rings (SSSR count). The number of nitrogens with one attached hydrogen (secondary N) is 2. The van der Waals surface area contributed by atoms with Crippen LogP contribution in [0, 0.1) is 17.2 Å². The van der Waals surface area contributed by atoms with Gasteiger partial charge in [0, 0.05) is 55.9 Å². The minimum Gasteiger partial charge on any atom is -0.404 e. The molecule has 3 aromatic rings. The molecule has 0 radical (unpaired) electrons. The Morgan fingerprint density at radius 1 is 1.07 bits per heavy atom. The maximum absolute atomic E-state index is 16.1. The first-order valence-corrected chi connectivity index (χ1v) is 22.4. The average molecular weight is 974 g/mol. The highest BCUT2D eigenvalue weighted by atomic mass is 32.1. The smallest absolute Gasteiger partial charge is 0.331 e. The molecule has 1 saturated carbocycles. The molecule has 2 aromatic heterocycles. The number of halogens is 5. The minimum atomic E-state index is -3.36. The number of aliphatic imine (C=N–C) groups is 3. The number of hydrogen-bond acceptors (Lipinski definition) is 12. The topological polar surface area (TPSA) is 218 Å². The molecule has 1 aliphatic carbocycles. The van der Waals surface area contributed by atoms with Crippen LogP contribution >= 0.6 is 12.6 Å². The molecule has 2 fully saturated rings. The number of nitrogens with zero attached hydrogens (tertiary/aromatic N) is 8. The number of allylic oxidation sites excluding steroid dienone is 4. The second-order valence-corrected chi connectivity index (χ2v) is 17.5. The molecule has 68 heavy (non-hydrogen) atoms. The number of likely N-dealkylation sites (tertiary alicyclic amines) is 1. The summed E-state index contributed by atoms with van der Waals surface area (Å²) in [6.45, 7) is 10.4. The van der Waals surface area contributed by atoms with E-state index in [0.717, 1.165) is 40.9 Å². The zero-order valence-electron chi connectivity index (χ0n) is 39.2. The summed E-state index contributed by atoms with van der Waals surface area (Å²) in [7, 11) is 0. The van der Waals surface area contributed by atoms with Crippen LogP contribution in [0.2, 0.25) is 0 Å². The van der Waals surface area contributed by atoms with Gasteiger partial charge in [-0.05, 0) is 101 Å². The minimum absolute atomic E-state index is 0.0448. The Balaban J connectivity index is 0.00000327. The van der Waals surface area contributed by atoms with Crippen LogP contribution in [-0.4, -0.2) is 89.6 Å². The van der Waals surface area contributed by atoms with Crippen LogP contribution in [0.1, 0.15) is 104 Å². The number of benzene rings is 1. The number of carbonyl (C=O) groups excluding carboxylic acids is 2. The molecule has 1 aliphatic heterocycles. The van der Waals surface area contributed by atoms with Crippen LogP contribution < -0.4 is 22.3 Å². The van der Waals surface area contributed by atoms with Crippen molar-refractivity contribution in [2.24, 2.45) is 32.0 Å². The first-order valence-electron chi connectivity index (χ1n) is 21.8. The van der Waals surface area contributed by atoms with Crippen LogP contribution in [0.4, 0.5) is 22.0 Å². The lowest BCUT2D eigenvalue weighted by Crippen LogP contribution is -2.55. The Kier molecular flexibility index (Phi) is 18.9. The number of amidine groups is 1. The lowest BCUT2D eigenvalue weighted by molar-refractivity contribution is -0.141. The van der Waals surface area contributed by atoms with Crippen LogP contribution in [-0.2, 0) is 27.9 Å². The van der Waals surface area contributed by atoms with Gasteiger partial charge in [-0.25, -0.2) is 24.0 Å². The summed E-state index contributed by atoms with van der Waals surface area (Å²) in [6, 6.07) is 7.29. The highest BCUT2D eigenvalue weighted by Gasteiger charge is 2.66. The maximum Gasteiger partial charge on any atom is 0.331 e. The molecule has 0 bridgehead atoms. The van der Waals surface area contributed by atoms with E-state index < -0.39 is 64.3 Å². The van der Waals surface area contributed by atoms with Gasteiger partial charge < -0.3 is 16.0 Å². The summed E-state index contributed by atoms with van der Waals surface area (Å²) in [5.41, 5.74) is 6.00. The molecular formula is C46H60F5N11O5S. The summed E-state index contributed by atoms with van der Waals surface area (Å²) in [5, 5.41) is 25.0. The third-order valence-corrected chi connectivity index (χ3v) is 12.1. The Labute approximate surface area is 397 Å². The summed E-state index contributed by atoms with van der Waals surface area (Å²) in [4.78, 5) is 55.0. The van der Waals surface area contributed by atoms with E-state index in [0.29, 0.717) is 42.3 Å². The third kappa shape index (κ3) is 13.4. The van der Waals surface area contributed by atoms with Crippen molar-refractivity contribution in [2.45, 2.75) is 123 Å². The number of thiol groups is 1.